The highest BCUT2D eigenvalue weighted by Crippen LogP contribution is 2.29. The van der Waals surface area contributed by atoms with Crippen molar-refractivity contribution >= 4 is 27.3 Å². The number of hydrogen-bond donors (Lipinski definition) is 3. The van der Waals surface area contributed by atoms with E-state index in [1.54, 1.807) is 18.5 Å². The molecule has 0 aliphatic rings. The van der Waals surface area contributed by atoms with Crippen LogP contribution in [-0.4, -0.2) is 10.2 Å². The fourth-order valence-electron chi connectivity index (χ4n) is 1.50. The first kappa shape index (κ1) is 11.9. The van der Waals surface area contributed by atoms with Crippen molar-refractivity contribution in [1.29, 1.82) is 0 Å². The fraction of sp³-hybridized carbons (Fsp3) is 0.182. The highest BCUT2D eigenvalue weighted by Gasteiger charge is 2.10. The maximum Gasteiger partial charge on any atom is 0.139 e. The van der Waals surface area contributed by atoms with Crippen LogP contribution < -0.4 is 11.1 Å². The number of nitrogen functional groups attached to an aromatic ring is 1. The second-order valence-electron chi connectivity index (χ2n) is 3.75. The van der Waals surface area contributed by atoms with E-state index in [1.807, 2.05) is 6.92 Å². The molecule has 0 saturated heterocycles. The van der Waals surface area contributed by atoms with Crippen LogP contribution in [0, 0.1) is 5.82 Å². The molecule has 0 spiro atoms. The number of rotatable bonds is 3. The second kappa shape index (κ2) is 4.75. The molecular formula is C11H12BrFN4. The van der Waals surface area contributed by atoms with Gasteiger partial charge in [0.1, 0.15) is 5.82 Å². The first-order valence-electron chi connectivity index (χ1n) is 5.07. The summed E-state index contributed by atoms with van der Waals surface area (Å²) >= 11 is 3.09. The van der Waals surface area contributed by atoms with Crippen LogP contribution in [0.2, 0.25) is 0 Å². The van der Waals surface area contributed by atoms with Gasteiger partial charge in [0, 0.05) is 17.8 Å². The Labute approximate surface area is 107 Å². The van der Waals surface area contributed by atoms with Gasteiger partial charge in [-0.2, -0.15) is 5.10 Å². The summed E-state index contributed by atoms with van der Waals surface area (Å²) in [4.78, 5) is 0. The Bertz CT molecular complexity index is 512. The molecule has 0 aliphatic heterocycles. The number of H-pyrrole nitrogens is 1. The minimum Gasteiger partial charge on any atom is -0.397 e. The van der Waals surface area contributed by atoms with Crippen molar-refractivity contribution in [3.63, 3.8) is 0 Å². The number of anilines is 2. The van der Waals surface area contributed by atoms with Gasteiger partial charge in [-0.1, -0.05) is 0 Å². The molecule has 0 amide bonds. The SMILES string of the molecule is CC(Nc1cc(F)c(Br)cc1N)c1cn[nH]c1. The van der Waals surface area contributed by atoms with Crippen LogP contribution in [0.4, 0.5) is 15.8 Å². The molecular weight excluding hydrogens is 287 g/mol. The van der Waals surface area contributed by atoms with Crippen molar-refractivity contribution in [2.75, 3.05) is 11.1 Å². The van der Waals surface area contributed by atoms with Gasteiger partial charge in [-0.05, 0) is 28.9 Å². The third kappa shape index (κ3) is 2.58. The zero-order valence-electron chi connectivity index (χ0n) is 9.17. The summed E-state index contributed by atoms with van der Waals surface area (Å²) in [6, 6.07) is 2.91. The molecule has 0 bridgehead atoms. The first-order valence-corrected chi connectivity index (χ1v) is 5.87. The van der Waals surface area contributed by atoms with E-state index in [-0.39, 0.29) is 11.9 Å². The highest BCUT2D eigenvalue weighted by molar-refractivity contribution is 9.10. The summed E-state index contributed by atoms with van der Waals surface area (Å²) in [5.41, 5.74) is 7.85. The number of benzene rings is 1. The molecule has 90 valence electrons. The number of nitrogens with one attached hydrogen (secondary N) is 2. The molecule has 1 aromatic carbocycles. The third-order valence-corrected chi connectivity index (χ3v) is 3.09. The summed E-state index contributed by atoms with van der Waals surface area (Å²) in [6.07, 6.45) is 3.49. The van der Waals surface area contributed by atoms with E-state index in [0.29, 0.717) is 15.8 Å². The molecule has 4 nitrogen and oxygen atoms in total. The van der Waals surface area contributed by atoms with Gasteiger partial charge in [-0.3, -0.25) is 5.10 Å². The normalized spacial score (nSPS) is 12.4. The summed E-state index contributed by atoms with van der Waals surface area (Å²) in [7, 11) is 0. The first-order chi connectivity index (χ1) is 8.08. The van der Waals surface area contributed by atoms with E-state index in [4.69, 9.17) is 5.73 Å². The van der Waals surface area contributed by atoms with Crippen LogP contribution in [0.15, 0.2) is 29.0 Å². The molecule has 0 saturated carbocycles. The monoisotopic (exact) mass is 298 g/mol. The molecule has 0 radical (unpaired) electrons. The number of aromatic nitrogens is 2. The van der Waals surface area contributed by atoms with E-state index in [9.17, 15) is 4.39 Å². The minimum atomic E-state index is -0.346. The van der Waals surface area contributed by atoms with E-state index in [0.717, 1.165) is 5.56 Å². The maximum atomic E-state index is 13.4. The van der Waals surface area contributed by atoms with Crippen molar-refractivity contribution in [3.8, 4) is 0 Å². The quantitative estimate of drug-likeness (QED) is 0.763. The Balaban J connectivity index is 2.22. The number of nitrogens with two attached hydrogens (primary N) is 1. The third-order valence-electron chi connectivity index (χ3n) is 2.48. The predicted octanol–water partition coefficient (Wildman–Crippen LogP) is 3.07. The number of halogens is 2. The average Bonchev–Trinajstić information content (AvgIpc) is 2.79. The van der Waals surface area contributed by atoms with Gasteiger partial charge in [-0.25, -0.2) is 4.39 Å². The molecule has 6 heteroatoms. The number of hydrogen-bond acceptors (Lipinski definition) is 3. The van der Waals surface area contributed by atoms with E-state index in [1.165, 1.54) is 6.07 Å². The summed E-state index contributed by atoms with van der Waals surface area (Å²) in [5.74, 6) is -0.346. The Morgan fingerprint density at radius 2 is 2.29 bits per heavy atom. The summed E-state index contributed by atoms with van der Waals surface area (Å²) in [6.45, 7) is 1.95. The lowest BCUT2D eigenvalue weighted by atomic mass is 10.1. The highest BCUT2D eigenvalue weighted by atomic mass is 79.9. The van der Waals surface area contributed by atoms with Crippen LogP contribution in [0.5, 0.6) is 0 Å². The summed E-state index contributed by atoms with van der Waals surface area (Å²) < 4.78 is 13.7. The largest absolute Gasteiger partial charge is 0.397 e. The Morgan fingerprint density at radius 1 is 1.53 bits per heavy atom. The van der Waals surface area contributed by atoms with Gasteiger partial charge in [0.2, 0.25) is 0 Å². The molecule has 1 unspecified atom stereocenters. The molecule has 0 fully saturated rings. The van der Waals surface area contributed by atoms with Gasteiger partial charge in [0.25, 0.3) is 0 Å². The van der Waals surface area contributed by atoms with Crippen molar-refractivity contribution in [3.05, 3.63) is 40.4 Å². The number of aromatic amines is 1. The van der Waals surface area contributed by atoms with Crippen LogP contribution in [0.25, 0.3) is 0 Å². The van der Waals surface area contributed by atoms with E-state index < -0.39 is 0 Å². The standard InChI is InChI=1S/C11H12BrFN4/c1-6(7-4-15-16-5-7)17-11-3-9(13)8(12)2-10(11)14/h2-6,17H,14H2,1H3,(H,15,16). The van der Waals surface area contributed by atoms with Crippen LogP contribution in [-0.2, 0) is 0 Å². The topological polar surface area (TPSA) is 66.7 Å². The van der Waals surface area contributed by atoms with Crippen molar-refractivity contribution in [2.45, 2.75) is 13.0 Å². The van der Waals surface area contributed by atoms with Gasteiger partial charge >= 0.3 is 0 Å². The zero-order chi connectivity index (χ0) is 12.4. The molecule has 2 aromatic rings. The van der Waals surface area contributed by atoms with E-state index >= 15 is 0 Å². The lowest BCUT2D eigenvalue weighted by Crippen LogP contribution is -2.08. The molecule has 2 rings (SSSR count). The van der Waals surface area contributed by atoms with Gasteiger partial charge in [0.05, 0.1) is 28.1 Å². The van der Waals surface area contributed by atoms with Crippen LogP contribution in [0.3, 0.4) is 0 Å². The lowest BCUT2D eigenvalue weighted by Gasteiger charge is -2.15. The van der Waals surface area contributed by atoms with Crippen molar-refractivity contribution in [1.82, 2.24) is 10.2 Å². The van der Waals surface area contributed by atoms with Crippen molar-refractivity contribution in [2.24, 2.45) is 0 Å². The predicted molar refractivity (Wildman–Crippen MR) is 69.1 cm³/mol. The van der Waals surface area contributed by atoms with E-state index in [2.05, 4.69) is 31.4 Å². The molecule has 17 heavy (non-hydrogen) atoms. The van der Waals surface area contributed by atoms with Gasteiger partial charge < -0.3 is 11.1 Å². The Morgan fingerprint density at radius 3 is 2.94 bits per heavy atom. The van der Waals surface area contributed by atoms with Crippen molar-refractivity contribution < 1.29 is 4.39 Å². The molecule has 1 aromatic heterocycles. The zero-order valence-corrected chi connectivity index (χ0v) is 10.8. The van der Waals surface area contributed by atoms with Gasteiger partial charge in [-0.15, -0.1) is 0 Å². The smallest absolute Gasteiger partial charge is 0.139 e. The molecule has 1 heterocycles. The number of nitrogens with zero attached hydrogens (tertiary/aromatic N) is 1. The molecule has 0 aliphatic carbocycles. The molecule has 4 N–H and O–H groups in total. The second-order valence-corrected chi connectivity index (χ2v) is 4.61. The van der Waals surface area contributed by atoms with Crippen LogP contribution in [0.1, 0.15) is 18.5 Å². The lowest BCUT2D eigenvalue weighted by molar-refractivity contribution is 0.621. The fourth-order valence-corrected chi connectivity index (χ4v) is 1.86. The Kier molecular flexibility index (Phi) is 3.33. The Hall–Kier alpha value is -1.56. The molecule has 1 atom stereocenters. The minimum absolute atomic E-state index is 0.00312. The van der Waals surface area contributed by atoms with Crippen LogP contribution >= 0.6 is 15.9 Å². The average molecular weight is 299 g/mol. The van der Waals surface area contributed by atoms with Gasteiger partial charge in [0.15, 0.2) is 0 Å². The summed E-state index contributed by atoms with van der Waals surface area (Å²) in [5, 5.41) is 9.72. The maximum absolute atomic E-state index is 13.4.